The number of nitrogens with zero attached hydrogens (tertiary/aromatic N) is 2. The van der Waals surface area contributed by atoms with Crippen LogP contribution in [0.1, 0.15) is 52.7 Å². The Morgan fingerprint density at radius 2 is 1.75 bits per heavy atom. The first-order valence-corrected chi connectivity index (χ1v) is 7.14. The maximum Gasteiger partial charge on any atom is 0.498 e. The normalized spacial score (nSPS) is 26.4. The van der Waals surface area contributed by atoms with E-state index in [4.69, 9.17) is 9.31 Å². The third-order valence-corrected chi connectivity index (χ3v) is 4.87. The van der Waals surface area contributed by atoms with Crippen LogP contribution in [-0.4, -0.2) is 33.4 Å². The van der Waals surface area contributed by atoms with E-state index in [0.717, 1.165) is 24.7 Å². The van der Waals surface area contributed by atoms with Crippen LogP contribution in [0.3, 0.4) is 0 Å². The molecule has 6 heteroatoms. The van der Waals surface area contributed by atoms with Gasteiger partial charge in [0.15, 0.2) is 0 Å². The average molecular weight is 276 g/mol. The first kappa shape index (κ1) is 14.0. The molecule has 1 aliphatic heterocycles. The van der Waals surface area contributed by atoms with Crippen molar-refractivity contribution >= 4 is 12.6 Å². The lowest BCUT2D eigenvalue weighted by molar-refractivity contribution is -0.0419. The lowest BCUT2D eigenvalue weighted by atomic mass is 9.69. The van der Waals surface area contributed by atoms with Crippen LogP contribution >= 0.6 is 0 Å². The molecule has 2 fully saturated rings. The third kappa shape index (κ3) is 1.98. The van der Waals surface area contributed by atoms with Crippen LogP contribution in [0.4, 0.5) is 0 Å². The zero-order valence-electron chi connectivity index (χ0n) is 12.5. The van der Waals surface area contributed by atoms with Crippen molar-refractivity contribution in [3.63, 3.8) is 0 Å². The summed E-state index contributed by atoms with van der Waals surface area (Å²) >= 11 is 0. The molecule has 1 N–H and O–H groups in total. The van der Waals surface area contributed by atoms with Crippen molar-refractivity contribution in [1.29, 1.82) is 0 Å². The lowest BCUT2D eigenvalue weighted by Gasteiger charge is -2.37. The van der Waals surface area contributed by atoms with E-state index in [-0.39, 0.29) is 0 Å². The highest BCUT2D eigenvalue weighted by Gasteiger charge is 2.54. The molecular weight excluding hydrogens is 255 g/mol. The van der Waals surface area contributed by atoms with E-state index < -0.39 is 23.9 Å². The molecule has 0 aromatic carbocycles. The van der Waals surface area contributed by atoms with Crippen molar-refractivity contribution in [3.05, 3.63) is 18.2 Å². The summed E-state index contributed by atoms with van der Waals surface area (Å²) in [7, 11) is -0.527. The molecule has 1 aromatic rings. The smallest absolute Gasteiger partial charge is 0.399 e. The van der Waals surface area contributed by atoms with Gasteiger partial charge < -0.3 is 14.4 Å². The molecule has 2 aliphatic rings. The Bertz CT molecular complexity index is 513. The van der Waals surface area contributed by atoms with Crippen molar-refractivity contribution in [2.75, 3.05) is 0 Å². The second kappa shape index (κ2) is 4.26. The number of rotatable bonds is 2. The minimum absolute atomic E-state index is 0.410. The number of hydrogen-bond acceptors (Lipinski definition) is 5. The van der Waals surface area contributed by atoms with E-state index >= 15 is 0 Å². The van der Waals surface area contributed by atoms with E-state index in [2.05, 4.69) is 9.97 Å². The Kier molecular flexibility index (Phi) is 2.98. The zero-order valence-corrected chi connectivity index (χ0v) is 12.5. The van der Waals surface area contributed by atoms with Gasteiger partial charge in [0.2, 0.25) is 0 Å². The fourth-order valence-electron chi connectivity index (χ4n) is 2.62. The van der Waals surface area contributed by atoms with Gasteiger partial charge in [-0.1, -0.05) is 0 Å². The van der Waals surface area contributed by atoms with Gasteiger partial charge in [-0.25, -0.2) is 9.97 Å². The highest BCUT2D eigenvalue weighted by atomic mass is 16.7. The molecule has 0 spiro atoms. The topological polar surface area (TPSA) is 64.5 Å². The van der Waals surface area contributed by atoms with E-state index in [1.807, 2.05) is 27.7 Å². The number of aromatic nitrogens is 2. The summed E-state index contributed by atoms with van der Waals surface area (Å²) in [5.41, 5.74) is -0.271. The minimum atomic E-state index is -0.845. The van der Waals surface area contributed by atoms with Crippen molar-refractivity contribution in [2.45, 2.75) is 63.8 Å². The van der Waals surface area contributed by atoms with E-state index in [0.29, 0.717) is 5.69 Å². The lowest BCUT2D eigenvalue weighted by Crippen LogP contribution is -2.46. The fraction of sp³-hybridized carbons (Fsp3) is 0.714. The Hall–Kier alpha value is -0.975. The third-order valence-electron chi connectivity index (χ3n) is 4.87. The summed E-state index contributed by atoms with van der Waals surface area (Å²) in [6.07, 6.45) is 5.65. The summed E-state index contributed by atoms with van der Waals surface area (Å²) in [4.78, 5) is 8.37. The van der Waals surface area contributed by atoms with Crippen molar-refractivity contribution in [1.82, 2.24) is 9.97 Å². The molecule has 20 heavy (non-hydrogen) atoms. The number of hydrogen-bond donors (Lipinski definition) is 1. The molecular formula is C14H21BN2O3. The van der Waals surface area contributed by atoms with Crippen LogP contribution in [-0.2, 0) is 14.9 Å². The largest absolute Gasteiger partial charge is 0.498 e. The van der Waals surface area contributed by atoms with E-state index in [1.54, 1.807) is 6.20 Å². The Morgan fingerprint density at radius 1 is 1.15 bits per heavy atom. The zero-order chi connectivity index (χ0) is 14.6. The van der Waals surface area contributed by atoms with Crippen LogP contribution in [0.5, 0.6) is 0 Å². The molecule has 0 unspecified atom stereocenters. The summed E-state index contributed by atoms with van der Waals surface area (Å²) < 4.78 is 12.1. The van der Waals surface area contributed by atoms with E-state index in [1.165, 1.54) is 6.33 Å². The van der Waals surface area contributed by atoms with Gasteiger partial charge in [0.1, 0.15) is 11.9 Å². The second-order valence-electron chi connectivity index (χ2n) is 6.80. The molecule has 1 aliphatic carbocycles. The SMILES string of the molecule is CC1(C)OB(c2cncnc2C2(O)CCC2)OC1(C)C. The van der Waals surface area contributed by atoms with Gasteiger partial charge in [0.25, 0.3) is 0 Å². The predicted molar refractivity (Wildman–Crippen MR) is 75.5 cm³/mol. The molecule has 1 saturated heterocycles. The standard InChI is InChI=1S/C14H21BN2O3/c1-12(2)13(3,4)20-15(19-12)10-8-16-9-17-11(10)14(18)6-5-7-14/h8-9,18H,5-7H2,1-4H3. The van der Waals surface area contributed by atoms with Crippen LogP contribution in [0.15, 0.2) is 12.5 Å². The maximum atomic E-state index is 10.6. The van der Waals surface area contributed by atoms with Crippen molar-refractivity contribution < 1.29 is 14.4 Å². The van der Waals surface area contributed by atoms with Crippen LogP contribution in [0.2, 0.25) is 0 Å². The molecule has 1 saturated carbocycles. The summed E-state index contributed by atoms with van der Waals surface area (Å²) in [5, 5.41) is 10.6. The van der Waals surface area contributed by atoms with E-state index in [9.17, 15) is 5.11 Å². The Balaban J connectivity index is 1.96. The van der Waals surface area contributed by atoms with Crippen LogP contribution < -0.4 is 5.46 Å². The highest BCUT2D eigenvalue weighted by molar-refractivity contribution is 6.62. The van der Waals surface area contributed by atoms with Gasteiger partial charge in [-0.15, -0.1) is 0 Å². The minimum Gasteiger partial charge on any atom is -0.399 e. The molecule has 3 rings (SSSR count). The van der Waals surface area contributed by atoms with Crippen LogP contribution in [0, 0.1) is 0 Å². The van der Waals surface area contributed by atoms with Gasteiger partial charge in [0.05, 0.1) is 16.9 Å². The molecule has 0 atom stereocenters. The second-order valence-corrected chi connectivity index (χ2v) is 6.80. The van der Waals surface area contributed by atoms with Gasteiger partial charge in [-0.2, -0.15) is 0 Å². The Labute approximate surface area is 119 Å². The van der Waals surface area contributed by atoms with Gasteiger partial charge in [-0.05, 0) is 47.0 Å². The monoisotopic (exact) mass is 276 g/mol. The van der Waals surface area contributed by atoms with Gasteiger partial charge in [0, 0.05) is 11.7 Å². The molecule has 0 radical (unpaired) electrons. The maximum absolute atomic E-state index is 10.6. The average Bonchev–Trinajstić information content (AvgIpc) is 2.55. The first-order valence-electron chi connectivity index (χ1n) is 7.14. The summed E-state index contributed by atoms with van der Waals surface area (Å²) in [6.45, 7) is 8.03. The molecule has 0 bridgehead atoms. The fourth-order valence-corrected chi connectivity index (χ4v) is 2.62. The van der Waals surface area contributed by atoms with Gasteiger partial charge in [-0.3, -0.25) is 0 Å². The van der Waals surface area contributed by atoms with Gasteiger partial charge >= 0.3 is 7.12 Å². The van der Waals surface area contributed by atoms with Crippen molar-refractivity contribution in [3.8, 4) is 0 Å². The van der Waals surface area contributed by atoms with Crippen molar-refractivity contribution in [2.24, 2.45) is 0 Å². The van der Waals surface area contributed by atoms with Crippen LogP contribution in [0.25, 0.3) is 0 Å². The molecule has 0 amide bonds. The molecule has 1 aromatic heterocycles. The highest BCUT2D eigenvalue weighted by Crippen LogP contribution is 2.41. The summed E-state index contributed by atoms with van der Waals surface area (Å²) in [6, 6.07) is 0. The molecule has 2 heterocycles. The molecule has 108 valence electrons. The predicted octanol–water partition coefficient (Wildman–Crippen LogP) is 1.15. The first-order chi connectivity index (χ1) is 9.25. The quantitative estimate of drug-likeness (QED) is 0.821. The summed E-state index contributed by atoms with van der Waals surface area (Å²) in [5.74, 6) is 0. The molecule has 5 nitrogen and oxygen atoms in total. The number of aliphatic hydroxyl groups is 1. The Morgan fingerprint density at radius 3 is 2.25 bits per heavy atom.